The van der Waals surface area contributed by atoms with Gasteiger partial charge in [0.25, 0.3) is 5.91 Å². The van der Waals surface area contributed by atoms with Crippen molar-refractivity contribution in [3.63, 3.8) is 0 Å². The van der Waals surface area contributed by atoms with Crippen molar-refractivity contribution in [3.8, 4) is 0 Å². The summed E-state index contributed by atoms with van der Waals surface area (Å²) >= 11 is 0. The van der Waals surface area contributed by atoms with Gasteiger partial charge in [0.1, 0.15) is 11.2 Å². The van der Waals surface area contributed by atoms with E-state index in [1.54, 1.807) is 0 Å². The summed E-state index contributed by atoms with van der Waals surface area (Å²) in [5.74, 6) is -0.0436. The molecule has 0 radical (unpaired) electrons. The molecular formula is C28H32N4O3. The van der Waals surface area contributed by atoms with E-state index in [2.05, 4.69) is 42.6 Å². The van der Waals surface area contributed by atoms with E-state index in [9.17, 15) is 9.59 Å². The van der Waals surface area contributed by atoms with Crippen LogP contribution < -0.4 is 5.32 Å². The van der Waals surface area contributed by atoms with E-state index >= 15 is 0 Å². The van der Waals surface area contributed by atoms with Crippen LogP contribution in [0.1, 0.15) is 66.5 Å². The highest BCUT2D eigenvalue weighted by Crippen LogP contribution is 2.33. The number of piperidine rings is 1. The number of likely N-dealkylation sites (tertiary alicyclic amines) is 1. The molecule has 1 aliphatic carbocycles. The van der Waals surface area contributed by atoms with Crippen molar-refractivity contribution in [1.29, 1.82) is 0 Å². The largest absolute Gasteiger partial charge is 0.444 e. The highest BCUT2D eigenvalue weighted by molar-refractivity contribution is 5.95. The summed E-state index contributed by atoms with van der Waals surface area (Å²) in [6.07, 6.45) is 6.21. The van der Waals surface area contributed by atoms with E-state index in [4.69, 9.17) is 9.72 Å². The fourth-order valence-corrected chi connectivity index (χ4v) is 4.97. The van der Waals surface area contributed by atoms with Crippen molar-refractivity contribution in [2.24, 2.45) is 0 Å². The van der Waals surface area contributed by atoms with Gasteiger partial charge in [-0.3, -0.25) is 4.79 Å². The Hall–Kier alpha value is -3.61. The number of aryl methyl sites for hydroxylation is 1. The van der Waals surface area contributed by atoms with Crippen molar-refractivity contribution < 1.29 is 14.3 Å². The maximum absolute atomic E-state index is 13.3. The summed E-state index contributed by atoms with van der Waals surface area (Å²) in [6.45, 7) is 8.71. The monoisotopic (exact) mass is 472 g/mol. The van der Waals surface area contributed by atoms with Crippen LogP contribution in [-0.4, -0.2) is 51.0 Å². The molecule has 0 spiro atoms. The molecule has 1 aromatic carbocycles. The van der Waals surface area contributed by atoms with E-state index in [0.29, 0.717) is 18.7 Å². The predicted octanol–water partition coefficient (Wildman–Crippen LogP) is 4.87. The molecular weight excluding hydrogens is 440 g/mol. The van der Waals surface area contributed by atoms with E-state index in [1.807, 2.05) is 48.4 Å². The van der Waals surface area contributed by atoms with Crippen LogP contribution in [0.2, 0.25) is 0 Å². The van der Waals surface area contributed by atoms with Crippen LogP contribution in [0.25, 0.3) is 17.3 Å². The van der Waals surface area contributed by atoms with E-state index < -0.39 is 11.7 Å². The molecule has 0 bridgehead atoms. The lowest BCUT2D eigenvalue weighted by Gasteiger charge is -2.33. The molecule has 1 N–H and O–H groups in total. The van der Waals surface area contributed by atoms with Crippen LogP contribution in [0.5, 0.6) is 0 Å². The number of allylic oxidation sites excluding steroid dienone is 1. The van der Waals surface area contributed by atoms with Gasteiger partial charge >= 0.3 is 6.09 Å². The number of hydrogen-bond acceptors (Lipinski definition) is 4. The first-order valence-electron chi connectivity index (χ1n) is 12.2. The molecule has 1 fully saturated rings. The smallest absolute Gasteiger partial charge is 0.407 e. The maximum Gasteiger partial charge on any atom is 0.407 e. The van der Waals surface area contributed by atoms with E-state index in [0.717, 1.165) is 36.3 Å². The lowest BCUT2D eigenvalue weighted by molar-refractivity contribution is 0.0452. The molecule has 2 amide bonds. The number of hydrogen-bond donors (Lipinski definition) is 1. The third-order valence-electron chi connectivity index (χ3n) is 6.61. The number of nitrogens with zero attached hydrogens (tertiary/aromatic N) is 3. The van der Waals surface area contributed by atoms with Crippen molar-refractivity contribution in [2.75, 3.05) is 13.1 Å². The summed E-state index contributed by atoms with van der Waals surface area (Å²) in [5.41, 5.74) is 6.62. The lowest BCUT2D eigenvalue weighted by Crippen LogP contribution is -2.50. The molecule has 1 saturated heterocycles. The highest BCUT2D eigenvalue weighted by Gasteiger charge is 2.28. The van der Waals surface area contributed by atoms with Crippen LogP contribution in [-0.2, 0) is 11.2 Å². The number of rotatable bonds is 3. The maximum atomic E-state index is 13.3. The first kappa shape index (κ1) is 23.1. The molecule has 3 heterocycles. The van der Waals surface area contributed by atoms with Crippen LogP contribution in [0, 0.1) is 6.92 Å². The Morgan fingerprint density at radius 3 is 2.74 bits per heavy atom. The average molecular weight is 473 g/mol. The Morgan fingerprint density at radius 2 is 1.97 bits per heavy atom. The number of carbonyl (C=O) groups excluding carboxylic acids is 2. The van der Waals surface area contributed by atoms with Gasteiger partial charge < -0.3 is 19.4 Å². The number of aromatic nitrogens is 2. The number of imidazole rings is 1. The van der Waals surface area contributed by atoms with Gasteiger partial charge in [-0.15, -0.1) is 0 Å². The minimum atomic E-state index is -0.553. The number of ether oxygens (including phenoxy) is 1. The number of pyridine rings is 1. The average Bonchev–Trinajstić information content (AvgIpc) is 3.38. The molecule has 35 heavy (non-hydrogen) atoms. The standard InChI is InChI=1S/C28H32N4O3/c1-18-25(22-14-19-8-5-6-9-20(19)15-22)30-24-16-21(11-13-32(18)24)26(33)31-12-7-10-23(17-31)29-27(34)35-28(2,3)4/h5-6,8-9,11,13-14,16,23H,7,10,12,15,17H2,1-4H3,(H,29,34)/t23-/m1/s1. The third kappa shape index (κ3) is 4.81. The molecule has 7 heteroatoms. The topological polar surface area (TPSA) is 75.9 Å². The molecule has 0 saturated carbocycles. The SMILES string of the molecule is Cc1c(C2=Cc3ccccc3C2)nc2cc(C(=O)N3CCC[C@@H](NC(=O)OC(C)(C)C)C3)ccn12. The molecule has 1 atom stereocenters. The Morgan fingerprint density at radius 1 is 1.17 bits per heavy atom. The fourth-order valence-electron chi connectivity index (χ4n) is 4.97. The van der Waals surface area contributed by atoms with Gasteiger partial charge in [0.2, 0.25) is 0 Å². The fraction of sp³-hybridized carbons (Fsp3) is 0.393. The second-order valence-corrected chi connectivity index (χ2v) is 10.5. The number of fused-ring (bicyclic) bond motifs is 2. The number of carbonyl (C=O) groups is 2. The summed E-state index contributed by atoms with van der Waals surface area (Å²) in [6, 6.07) is 12.0. The van der Waals surface area contributed by atoms with Gasteiger partial charge in [0.05, 0.1) is 5.69 Å². The van der Waals surface area contributed by atoms with Gasteiger partial charge in [-0.25, -0.2) is 9.78 Å². The molecule has 182 valence electrons. The van der Waals surface area contributed by atoms with Gasteiger partial charge in [-0.05, 0) is 75.4 Å². The third-order valence-corrected chi connectivity index (χ3v) is 6.61. The van der Waals surface area contributed by atoms with Crippen molar-refractivity contribution >= 4 is 29.3 Å². The molecule has 1 aliphatic heterocycles. The minimum absolute atomic E-state index is 0.0436. The number of nitrogens with one attached hydrogen (secondary N) is 1. The first-order chi connectivity index (χ1) is 16.7. The Labute approximate surface area is 205 Å². The summed E-state index contributed by atoms with van der Waals surface area (Å²) < 4.78 is 7.42. The van der Waals surface area contributed by atoms with Crippen molar-refractivity contribution in [1.82, 2.24) is 19.6 Å². The Bertz CT molecular complexity index is 1330. The Balaban J connectivity index is 1.32. The molecule has 0 unspecified atom stereocenters. The lowest BCUT2D eigenvalue weighted by atomic mass is 10.0. The van der Waals surface area contributed by atoms with Gasteiger partial charge in [0.15, 0.2) is 0 Å². The second-order valence-electron chi connectivity index (χ2n) is 10.5. The van der Waals surface area contributed by atoms with E-state index in [1.165, 1.54) is 16.7 Å². The predicted molar refractivity (Wildman–Crippen MR) is 136 cm³/mol. The minimum Gasteiger partial charge on any atom is -0.444 e. The van der Waals surface area contributed by atoms with Crippen LogP contribution >= 0.6 is 0 Å². The molecule has 5 rings (SSSR count). The first-order valence-corrected chi connectivity index (χ1v) is 12.2. The highest BCUT2D eigenvalue weighted by atomic mass is 16.6. The Kier molecular flexibility index (Phi) is 5.87. The zero-order valence-electron chi connectivity index (χ0n) is 20.8. The van der Waals surface area contributed by atoms with Crippen LogP contribution in [0.4, 0.5) is 4.79 Å². The summed E-state index contributed by atoms with van der Waals surface area (Å²) in [5, 5.41) is 2.91. The van der Waals surface area contributed by atoms with Gasteiger partial charge in [0, 0.05) is 43.0 Å². The zero-order valence-corrected chi connectivity index (χ0v) is 20.8. The zero-order chi connectivity index (χ0) is 24.7. The van der Waals surface area contributed by atoms with Crippen molar-refractivity contribution in [3.05, 3.63) is 70.7 Å². The number of amides is 2. The van der Waals surface area contributed by atoms with Crippen LogP contribution in [0.3, 0.4) is 0 Å². The quantitative estimate of drug-likeness (QED) is 0.590. The second kappa shape index (κ2) is 8.87. The molecule has 2 aromatic heterocycles. The number of alkyl carbamates (subject to hydrolysis) is 1. The van der Waals surface area contributed by atoms with Gasteiger partial charge in [-0.1, -0.05) is 24.3 Å². The van der Waals surface area contributed by atoms with Crippen LogP contribution in [0.15, 0.2) is 42.6 Å². The molecule has 7 nitrogen and oxygen atoms in total. The summed E-state index contributed by atoms with van der Waals surface area (Å²) in [7, 11) is 0. The normalized spacial score (nSPS) is 17.8. The van der Waals surface area contributed by atoms with Gasteiger partial charge in [-0.2, -0.15) is 0 Å². The molecule has 2 aliphatic rings. The van der Waals surface area contributed by atoms with E-state index in [-0.39, 0.29) is 11.9 Å². The van der Waals surface area contributed by atoms with Crippen molar-refractivity contribution in [2.45, 2.75) is 58.6 Å². The summed E-state index contributed by atoms with van der Waals surface area (Å²) in [4.78, 5) is 32.2. The molecule has 3 aromatic rings. The number of benzene rings is 1.